The van der Waals surface area contributed by atoms with Crippen LogP contribution >= 0.6 is 0 Å². The van der Waals surface area contributed by atoms with Gasteiger partial charge in [0, 0.05) is 17.3 Å². The quantitative estimate of drug-likeness (QED) is 0.287. The largest absolute Gasteiger partial charge is 1.00 e. The van der Waals surface area contributed by atoms with Crippen LogP contribution in [0.15, 0.2) is 77.2 Å². The second kappa shape index (κ2) is 9.55. The lowest BCUT2D eigenvalue weighted by molar-refractivity contribution is -0.00000796. The molecule has 1 aliphatic carbocycles. The van der Waals surface area contributed by atoms with Crippen LogP contribution in [-0.2, 0) is 0 Å². The maximum absolute atomic E-state index is 6.33. The third kappa shape index (κ3) is 4.03. The number of anilines is 4. The van der Waals surface area contributed by atoms with Crippen LogP contribution in [0.4, 0.5) is 22.7 Å². The third-order valence-corrected chi connectivity index (χ3v) is 6.55. The first-order valence-electron chi connectivity index (χ1n) is 12.0. The van der Waals surface area contributed by atoms with Crippen LogP contribution in [0.1, 0.15) is 19.4 Å². The summed E-state index contributed by atoms with van der Waals surface area (Å²) in [5, 5.41) is 8.22. The van der Waals surface area contributed by atoms with Crippen molar-refractivity contribution in [3.63, 3.8) is 0 Å². The van der Waals surface area contributed by atoms with Crippen molar-refractivity contribution in [3.05, 3.63) is 83.7 Å². The van der Waals surface area contributed by atoms with Gasteiger partial charge >= 0.3 is 0 Å². The molecular weight excluding hydrogens is 472 g/mol. The fourth-order valence-corrected chi connectivity index (χ4v) is 4.69. The number of hydrogen-bond donors (Lipinski definition) is 2. The molecular formula is C29H27ClN4O2. The Morgan fingerprint density at radius 2 is 1.64 bits per heavy atom. The maximum Gasteiger partial charge on any atom is 0.208 e. The molecule has 0 spiro atoms. The van der Waals surface area contributed by atoms with Crippen LogP contribution in [-0.4, -0.2) is 18.1 Å². The highest BCUT2D eigenvalue weighted by Gasteiger charge is 2.23. The van der Waals surface area contributed by atoms with E-state index in [-0.39, 0.29) is 12.4 Å². The second-order valence-electron chi connectivity index (χ2n) is 8.66. The van der Waals surface area contributed by atoms with E-state index in [0.29, 0.717) is 0 Å². The van der Waals surface area contributed by atoms with Gasteiger partial charge in [-0.3, -0.25) is 0 Å². The van der Waals surface area contributed by atoms with Crippen LogP contribution in [0.25, 0.3) is 22.6 Å². The van der Waals surface area contributed by atoms with E-state index in [4.69, 9.17) is 14.1 Å². The molecule has 36 heavy (non-hydrogen) atoms. The van der Waals surface area contributed by atoms with E-state index in [1.807, 2.05) is 60.7 Å². The minimum atomic E-state index is 0. The third-order valence-electron chi connectivity index (χ3n) is 6.55. The Balaban J connectivity index is 0.00000267. The number of nitrogens with one attached hydrogen (secondary N) is 2. The van der Waals surface area contributed by atoms with Crippen molar-refractivity contribution in [2.45, 2.75) is 20.8 Å². The Labute approximate surface area is 216 Å². The lowest BCUT2D eigenvalue weighted by Crippen LogP contribution is -3.00. The van der Waals surface area contributed by atoms with Gasteiger partial charge in [-0.1, -0.05) is 24.3 Å². The van der Waals surface area contributed by atoms with Gasteiger partial charge < -0.3 is 32.2 Å². The van der Waals surface area contributed by atoms with Gasteiger partial charge in [-0.25, -0.2) is 9.56 Å². The lowest BCUT2D eigenvalue weighted by Gasteiger charge is -2.23. The Bertz CT molecular complexity index is 1620. The molecule has 6 nitrogen and oxygen atoms in total. The number of para-hydroxylation sites is 4. The molecule has 2 N–H and O–H groups in total. The molecule has 0 saturated heterocycles. The molecule has 0 atom stereocenters. The molecule has 2 aliphatic heterocycles. The Hall–Kier alpha value is -4.03. The molecule has 0 bridgehead atoms. The minimum absolute atomic E-state index is 0. The minimum Gasteiger partial charge on any atom is -1.00 e. The molecule has 0 fully saturated rings. The summed E-state index contributed by atoms with van der Waals surface area (Å²) in [5.41, 5.74) is 7.28. The van der Waals surface area contributed by atoms with E-state index in [9.17, 15) is 0 Å². The Morgan fingerprint density at radius 3 is 2.47 bits per heavy atom. The predicted octanol–water partition coefficient (Wildman–Crippen LogP) is 3.65. The van der Waals surface area contributed by atoms with Crippen molar-refractivity contribution in [1.29, 1.82) is 0 Å². The van der Waals surface area contributed by atoms with Gasteiger partial charge in [0.2, 0.25) is 5.36 Å². The summed E-state index contributed by atoms with van der Waals surface area (Å²) in [7, 11) is 0. The van der Waals surface area contributed by atoms with E-state index < -0.39 is 0 Å². The summed E-state index contributed by atoms with van der Waals surface area (Å²) in [6.45, 7) is 8.28. The fourth-order valence-electron chi connectivity index (χ4n) is 4.69. The number of nitrogens with zero attached hydrogens (tertiary/aromatic N) is 2. The van der Waals surface area contributed by atoms with E-state index in [1.165, 1.54) is 0 Å². The highest BCUT2D eigenvalue weighted by atomic mass is 35.5. The van der Waals surface area contributed by atoms with Gasteiger partial charge in [0.15, 0.2) is 22.8 Å². The Kier molecular flexibility index (Phi) is 6.29. The van der Waals surface area contributed by atoms with Crippen molar-refractivity contribution in [2.24, 2.45) is 0 Å². The SMILES string of the molecule is CC[N+](CC)=c1cc2oc3ccccc3nc-2c(Nc2ccc3c(c2)Oc2ccccc2N3)c1C.[Cl-]. The van der Waals surface area contributed by atoms with E-state index in [0.717, 1.165) is 80.8 Å². The zero-order valence-electron chi connectivity index (χ0n) is 20.4. The summed E-state index contributed by atoms with van der Waals surface area (Å²) < 4.78 is 14.8. The number of fused-ring (bicyclic) bond motifs is 4. The van der Waals surface area contributed by atoms with Gasteiger partial charge in [0.25, 0.3) is 0 Å². The van der Waals surface area contributed by atoms with Gasteiger partial charge in [0.05, 0.1) is 23.1 Å². The monoisotopic (exact) mass is 498 g/mol. The fraction of sp³-hybridized carbons (Fsp3) is 0.172. The smallest absolute Gasteiger partial charge is 0.208 e. The molecule has 0 radical (unpaired) electrons. The number of hydrogen-bond acceptors (Lipinski definition) is 5. The van der Waals surface area contributed by atoms with Crippen LogP contribution < -0.4 is 37.7 Å². The number of rotatable bonds is 4. The normalized spacial score (nSPS) is 11.6. The number of aromatic nitrogens is 1. The average molecular weight is 499 g/mol. The standard InChI is InChI=1S/C29H26N4O2.ClH/c1-4-33(5-2)23-17-27-29(32-21-11-7-9-13-25(21)35-27)28(18(23)3)30-19-14-15-22-26(16-19)34-24-12-8-6-10-20(24)31-22;/h6-17H,4-5H2,1-3H3,(H,31,32);1H. The molecule has 0 aromatic heterocycles. The molecule has 0 saturated carbocycles. The van der Waals surface area contributed by atoms with Crippen molar-refractivity contribution < 1.29 is 21.6 Å². The van der Waals surface area contributed by atoms with Crippen molar-refractivity contribution in [2.75, 3.05) is 23.7 Å². The van der Waals surface area contributed by atoms with Gasteiger partial charge in [-0.2, -0.15) is 0 Å². The number of ether oxygens (including phenoxy) is 1. The average Bonchev–Trinajstić information content (AvgIpc) is 2.89. The van der Waals surface area contributed by atoms with Crippen molar-refractivity contribution >= 4 is 33.8 Å². The Morgan fingerprint density at radius 1 is 0.889 bits per heavy atom. The molecule has 3 aromatic carbocycles. The summed E-state index contributed by atoms with van der Waals surface area (Å²) in [5.74, 6) is 2.34. The van der Waals surface area contributed by atoms with Crippen LogP contribution in [0.5, 0.6) is 11.5 Å². The first kappa shape index (κ1) is 23.7. The summed E-state index contributed by atoms with van der Waals surface area (Å²) in [6.07, 6.45) is 0. The molecule has 3 aromatic rings. The summed E-state index contributed by atoms with van der Waals surface area (Å²) in [4.78, 5) is 4.99. The second-order valence-corrected chi connectivity index (χ2v) is 8.66. The van der Waals surface area contributed by atoms with E-state index >= 15 is 0 Å². The zero-order valence-corrected chi connectivity index (χ0v) is 21.2. The molecule has 0 unspecified atom stereocenters. The molecule has 3 aliphatic rings. The topological polar surface area (TPSA) is 62.3 Å². The first-order chi connectivity index (χ1) is 17.1. The molecule has 6 rings (SSSR count). The van der Waals surface area contributed by atoms with Gasteiger partial charge in [-0.05, 0) is 57.2 Å². The first-order valence-corrected chi connectivity index (χ1v) is 12.0. The van der Waals surface area contributed by atoms with Gasteiger partial charge in [-0.15, -0.1) is 0 Å². The molecule has 182 valence electrons. The van der Waals surface area contributed by atoms with E-state index in [2.05, 4.69) is 48.1 Å². The highest BCUT2D eigenvalue weighted by molar-refractivity contribution is 5.85. The van der Waals surface area contributed by atoms with Gasteiger partial charge in [0.1, 0.15) is 24.3 Å². The predicted molar refractivity (Wildman–Crippen MR) is 141 cm³/mol. The summed E-state index contributed by atoms with van der Waals surface area (Å²) in [6, 6.07) is 24.0. The molecule has 2 heterocycles. The van der Waals surface area contributed by atoms with E-state index in [1.54, 1.807) is 0 Å². The number of halogens is 1. The summed E-state index contributed by atoms with van der Waals surface area (Å²) >= 11 is 0. The maximum atomic E-state index is 6.33. The highest BCUT2D eigenvalue weighted by Crippen LogP contribution is 2.43. The van der Waals surface area contributed by atoms with Crippen molar-refractivity contribution in [3.8, 4) is 23.0 Å². The lowest BCUT2D eigenvalue weighted by atomic mass is 10.1. The zero-order chi connectivity index (χ0) is 23.9. The van der Waals surface area contributed by atoms with Crippen LogP contribution in [0, 0.1) is 6.92 Å². The molecule has 7 heteroatoms. The van der Waals surface area contributed by atoms with Crippen LogP contribution in [0.3, 0.4) is 0 Å². The van der Waals surface area contributed by atoms with Crippen LogP contribution in [0.2, 0.25) is 0 Å². The number of benzene rings is 4. The molecule has 0 amide bonds. The van der Waals surface area contributed by atoms with Crippen molar-refractivity contribution in [1.82, 2.24) is 9.56 Å².